The molecule has 0 unspecified atom stereocenters. The van der Waals surface area contributed by atoms with Crippen molar-refractivity contribution in [1.29, 1.82) is 0 Å². The number of morpholine rings is 1. The number of nitrogens with zero attached hydrogens (tertiary/aromatic N) is 2. The summed E-state index contributed by atoms with van der Waals surface area (Å²) in [6.07, 6.45) is 1.57. The number of carbonyl (C=O) groups is 2. The summed E-state index contributed by atoms with van der Waals surface area (Å²) >= 11 is 1.27. The Bertz CT molecular complexity index is 388. The van der Waals surface area contributed by atoms with Crippen LogP contribution in [0.15, 0.2) is 6.20 Å². The van der Waals surface area contributed by atoms with Crippen molar-refractivity contribution < 1.29 is 14.3 Å². The molecule has 1 aliphatic rings. The fourth-order valence-corrected chi connectivity index (χ4v) is 1.92. The van der Waals surface area contributed by atoms with Crippen LogP contribution in [0.25, 0.3) is 0 Å². The third-order valence-electron chi connectivity index (χ3n) is 1.94. The van der Waals surface area contributed by atoms with Crippen LogP contribution in [0.1, 0.15) is 4.88 Å². The Labute approximate surface area is 89.6 Å². The number of nitrogen functional groups attached to an aromatic ring is 1. The maximum absolute atomic E-state index is 11.3. The molecule has 0 radical (unpaired) electrons. The summed E-state index contributed by atoms with van der Waals surface area (Å²) in [5, 5.41) is 0.429. The third kappa shape index (κ3) is 2.13. The average molecular weight is 227 g/mol. The van der Waals surface area contributed by atoms with E-state index in [1.807, 2.05) is 0 Å². The molecule has 80 valence electrons. The number of thiazole rings is 1. The highest BCUT2D eigenvalue weighted by Gasteiger charge is 2.26. The van der Waals surface area contributed by atoms with E-state index in [-0.39, 0.29) is 31.6 Å². The number of amides is 2. The van der Waals surface area contributed by atoms with Gasteiger partial charge in [0.05, 0.1) is 6.54 Å². The number of aromatic nitrogens is 1. The highest BCUT2D eigenvalue weighted by atomic mass is 32.1. The first-order chi connectivity index (χ1) is 7.16. The lowest BCUT2D eigenvalue weighted by molar-refractivity contribution is -0.159. The molecule has 2 amide bonds. The Balaban J connectivity index is 2.09. The fraction of sp³-hybridized carbons (Fsp3) is 0.375. The van der Waals surface area contributed by atoms with Crippen LogP contribution in [0.4, 0.5) is 5.13 Å². The highest BCUT2D eigenvalue weighted by Crippen LogP contribution is 2.17. The van der Waals surface area contributed by atoms with Crippen LogP contribution < -0.4 is 5.73 Å². The van der Waals surface area contributed by atoms with Gasteiger partial charge in [-0.15, -0.1) is 11.3 Å². The van der Waals surface area contributed by atoms with Crippen molar-refractivity contribution in [3.63, 3.8) is 0 Å². The van der Waals surface area contributed by atoms with Gasteiger partial charge in [-0.05, 0) is 0 Å². The van der Waals surface area contributed by atoms with E-state index in [1.165, 1.54) is 11.3 Å². The van der Waals surface area contributed by atoms with E-state index >= 15 is 0 Å². The maximum atomic E-state index is 11.3. The van der Waals surface area contributed by atoms with E-state index < -0.39 is 0 Å². The van der Waals surface area contributed by atoms with Crippen LogP contribution in [0.2, 0.25) is 0 Å². The van der Waals surface area contributed by atoms with Gasteiger partial charge in [-0.3, -0.25) is 14.5 Å². The molecule has 0 aliphatic carbocycles. The molecule has 2 rings (SSSR count). The summed E-state index contributed by atoms with van der Waals surface area (Å²) < 4.78 is 4.79. The van der Waals surface area contributed by atoms with Gasteiger partial charge in [0.15, 0.2) is 5.13 Å². The summed E-state index contributed by atoms with van der Waals surface area (Å²) in [4.78, 5) is 28.5. The minimum absolute atomic E-state index is 0.0416. The minimum Gasteiger partial charge on any atom is -0.375 e. The average Bonchev–Trinajstić information content (AvgIpc) is 2.58. The first-order valence-electron chi connectivity index (χ1n) is 4.28. The summed E-state index contributed by atoms with van der Waals surface area (Å²) in [6, 6.07) is 0. The largest absolute Gasteiger partial charge is 0.375 e. The van der Waals surface area contributed by atoms with Crippen molar-refractivity contribution in [2.45, 2.75) is 6.54 Å². The van der Waals surface area contributed by atoms with Gasteiger partial charge < -0.3 is 10.5 Å². The molecule has 0 bridgehead atoms. The molecule has 2 N–H and O–H groups in total. The Morgan fingerprint density at radius 2 is 2.13 bits per heavy atom. The number of hydrogen-bond acceptors (Lipinski definition) is 6. The van der Waals surface area contributed by atoms with Crippen molar-refractivity contribution in [2.75, 3.05) is 18.9 Å². The van der Waals surface area contributed by atoms with Crippen molar-refractivity contribution >= 4 is 28.3 Å². The van der Waals surface area contributed by atoms with Gasteiger partial charge in [-0.2, -0.15) is 0 Å². The Hall–Kier alpha value is -1.47. The van der Waals surface area contributed by atoms with Crippen LogP contribution in [-0.4, -0.2) is 34.9 Å². The molecule has 7 heteroatoms. The molecule has 15 heavy (non-hydrogen) atoms. The topological polar surface area (TPSA) is 85.5 Å². The molecule has 0 spiro atoms. The van der Waals surface area contributed by atoms with E-state index in [9.17, 15) is 9.59 Å². The van der Waals surface area contributed by atoms with Crippen LogP contribution >= 0.6 is 11.3 Å². The zero-order valence-electron chi connectivity index (χ0n) is 7.80. The fourth-order valence-electron chi connectivity index (χ4n) is 1.25. The van der Waals surface area contributed by atoms with Gasteiger partial charge in [0.1, 0.15) is 13.2 Å². The SMILES string of the molecule is Nc1ncc(CN2C(=O)COCC2=O)s1. The lowest BCUT2D eigenvalue weighted by atomic mass is 10.3. The normalized spacial score (nSPS) is 17.2. The van der Waals surface area contributed by atoms with E-state index in [4.69, 9.17) is 10.5 Å². The van der Waals surface area contributed by atoms with Crippen molar-refractivity contribution in [3.8, 4) is 0 Å². The van der Waals surface area contributed by atoms with Crippen molar-refractivity contribution in [3.05, 3.63) is 11.1 Å². The van der Waals surface area contributed by atoms with Gasteiger partial charge in [-0.1, -0.05) is 0 Å². The smallest absolute Gasteiger partial charge is 0.255 e. The second-order valence-corrected chi connectivity index (χ2v) is 4.18. The molecule has 0 aromatic carbocycles. The first kappa shape index (κ1) is 10.1. The molecule has 0 saturated carbocycles. The van der Waals surface area contributed by atoms with Gasteiger partial charge in [0.25, 0.3) is 11.8 Å². The maximum Gasteiger partial charge on any atom is 0.255 e. The van der Waals surface area contributed by atoms with Gasteiger partial charge in [0, 0.05) is 11.1 Å². The molecule has 1 aromatic rings. The predicted molar refractivity (Wildman–Crippen MR) is 52.9 cm³/mol. The van der Waals surface area contributed by atoms with Crippen LogP contribution in [0, 0.1) is 0 Å². The van der Waals surface area contributed by atoms with Crippen LogP contribution in [0.5, 0.6) is 0 Å². The third-order valence-corrected chi connectivity index (χ3v) is 2.75. The second kappa shape index (κ2) is 3.95. The second-order valence-electron chi connectivity index (χ2n) is 3.03. The molecule has 0 atom stereocenters. The molecule has 1 saturated heterocycles. The van der Waals surface area contributed by atoms with Crippen LogP contribution in [0.3, 0.4) is 0 Å². The molecule has 1 fully saturated rings. The Morgan fingerprint density at radius 3 is 2.67 bits per heavy atom. The molecule has 6 nitrogen and oxygen atoms in total. The van der Waals surface area contributed by atoms with E-state index in [0.717, 1.165) is 9.78 Å². The Kier molecular flexibility index (Phi) is 2.65. The van der Waals surface area contributed by atoms with Crippen LogP contribution in [-0.2, 0) is 20.9 Å². The quantitative estimate of drug-likeness (QED) is 0.695. The summed E-state index contributed by atoms with van der Waals surface area (Å²) in [6.45, 7) is 0.149. The monoisotopic (exact) mass is 227 g/mol. The Morgan fingerprint density at radius 1 is 1.47 bits per heavy atom. The molecular weight excluding hydrogens is 218 g/mol. The van der Waals surface area contributed by atoms with Gasteiger partial charge >= 0.3 is 0 Å². The number of ether oxygens (including phenoxy) is 1. The van der Waals surface area contributed by atoms with Crippen molar-refractivity contribution in [2.24, 2.45) is 0 Å². The molecule has 2 heterocycles. The predicted octanol–water partition coefficient (Wildman–Crippen LogP) is -0.389. The first-order valence-corrected chi connectivity index (χ1v) is 5.09. The summed E-state index contributed by atoms with van der Waals surface area (Å²) in [5.74, 6) is -0.642. The van der Waals surface area contributed by atoms with E-state index in [1.54, 1.807) is 6.20 Å². The summed E-state index contributed by atoms with van der Waals surface area (Å²) in [7, 11) is 0. The standard InChI is InChI=1S/C8H9N3O3S/c9-8-10-1-5(15-8)2-11-6(12)3-14-4-7(11)13/h1H,2-4H2,(H2,9,10). The number of nitrogens with two attached hydrogens (primary N) is 1. The molecular formula is C8H9N3O3S. The van der Waals surface area contributed by atoms with Crippen molar-refractivity contribution in [1.82, 2.24) is 9.88 Å². The molecule has 1 aromatic heterocycles. The lowest BCUT2D eigenvalue weighted by Crippen LogP contribution is -2.45. The highest BCUT2D eigenvalue weighted by molar-refractivity contribution is 7.15. The van der Waals surface area contributed by atoms with E-state index in [0.29, 0.717) is 5.13 Å². The lowest BCUT2D eigenvalue weighted by Gasteiger charge is -2.23. The van der Waals surface area contributed by atoms with Gasteiger partial charge in [0.2, 0.25) is 0 Å². The minimum atomic E-state index is -0.321. The molecule has 1 aliphatic heterocycles. The summed E-state index contributed by atoms with van der Waals surface area (Å²) in [5.41, 5.74) is 5.45. The number of rotatable bonds is 2. The zero-order chi connectivity index (χ0) is 10.8. The number of imide groups is 1. The number of anilines is 1. The van der Waals surface area contributed by atoms with Gasteiger partial charge in [-0.25, -0.2) is 4.98 Å². The number of carbonyl (C=O) groups excluding carboxylic acids is 2. The zero-order valence-corrected chi connectivity index (χ0v) is 8.62. The van der Waals surface area contributed by atoms with E-state index in [2.05, 4.69) is 4.98 Å². The number of hydrogen-bond donors (Lipinski definition) is 1.